The van der Waals surface area contributed by atoms with Gasteiger partial charge in [0.05, 0.1) is 22.6 Å². The minimum atomic E-state index is -0.445. The highest BCUT2D eigenvalue weighted by molar-refractivity contribution is 7.10. The van der Waals surface area contributed by atoms with Crippen molar-refractivity contribution in [3.8, 4) is 6.07 Å². The normalized spacial score (nSPS) is 11.9. The number of benzene rings is 1. The molecule has 22 heavy (non-hydrogen) atoms. The van der Waals surface area contributed by atoms with E-state index in [0.717, 1.165) is 0 Å². The molecule has 0 saturated heterocycles. The lowest BCUT2D eigenvalue weighted by Crippen LogP contribution is -2.26. The summed E-state index contributed by atoms with van der Waals surface area (Å²) in [6.45, 7) is 0.517. The lowest BCUT2D eigenvalue weighted by Gasteiger charge is -2.24. The summed E-state index contributed by atoms with van der Waals surface area (Å²) >= 11 is 1.64. The zero-order valence-electron chi connectivity index (χ0n) is 12.3. The molecule has 0 bridgehead atoms. The quantitative estimate of drug-likeness (QED) is 0.653. The van der Waals surface area contributed by atoms with Crippen LogP contribution in [0, 0.1) is 21.4 Å². The maximum atomic E-state index is 11.1. The van der Waals surface area contributed by atoms with E-state index in [-0.39, 0.29) is 11.7 Å². The molecule has 1 aromatic heterocycles. The van der Waals surface area contributed by atoms with Crippen LogP contribution in [0.2, 0.25) is 0 Å². The van der Waals surface area contributed by atoms with Crippen molar-refractivity contribution in [1.29, 1.82) is 5.26 Å². The molecule has 0 fully saturated rings. The molecule has 1 unspecified atom stereocenters. The monoisotopic (exact) mass is 316 g/mol. The van der Waals surface area contributed by atoms with Crippen LogP contribution in [0.15, 0.2) is 35.7 Å². The first-order valence-corrected chi connectivity index (χ1v) is 7.53. The van der Waals surface area contributed by atoms with Gasteiger partial charge in [-0.25, -0.2) is 0 Å². The number of hydrogen-bond donors (Lipinski definition) is 1. The number of nitrogens with one attached hydrogen (secondary N) is 1. The maximum absolute atomic E-state index is 11.1. The molecule has 0 radical (unpaired) electrons. The second-order valence-electron chi connectivity index (χ2n) is 4.98. The van der Waals surface area contributed by atoms with Crippen molar-refractivity contribution in [2.75, 3.05) is 26.0 Å². The Morgan fingerprint density at radius 1 is 1.45 bits per heavy atom. The van der Waals surface area contributed by atoms with E-state index in [1.54, 1.807) is 11.3 Å². The molecule has 0 amide bonds. The molecule has 0 aliphatic carbocycles. The number of thiophene rings is 1. The predicted octanol–water partition coefficient (Wildman–Crippen LogP) is 3.24. The van der Waals surface area contributed by atoms with Gasteiger partial charge in [0.15, 0.2) is 0 Å². The fourth-order valence-electron chi connectivity index (χ4n) is 2.13. The number of anilines is 1. The molecule has 1 atom stereocenters. The van der Waals surface area contributed by atoms with Crippen LogP contribution in [0.25, 0.3) is 0 Å². The third kappa shape index (κ3) is 3.61. The van der Waals surface area contributed by atoms with Crippen LogP contribution in [0.5, 0.6) is 0 Å². The maximum Gasteiger partial charge on any atom is 0.292 e. The summed E-state index contributed by atoms with van der Waals surface area (Å²) < 4.78 is 0. The molecule has 1 N–H and O–H groups in total. The molecule has 6 nitrogen and oxygen atoms in total. The van der Waals surface area contributed by atoms with E-state index in [1.165, 1.54) is 23.1 Å². The zero-order chi connectivity index (χ0) is 16.1. The molecule has 1 heterocycles. The van der Waals surface area contributed by atoms with E-state index in [9.17, 15) is 10.1 Å². The number of nitro groups is 1. The average Bonchev–Trinajstić information content (AvgIpc) is 3.00. The highest BCUT2D eigenvalue weighted by Crippen LogP contribution is 2.28. The van der Waals surface area contributed by atoms with Crippen molar-refractivity contribution in [1.82, 2.24) is 4.90 Å². The molecular weight excluding hydrogens is 300 g/mol. The first-order chi connectivity index (χ1) is 10.5. The van der Waals surface area contributed by atoms with Gasteiger partial charge in [-0.3, -0.25) is 10.1 Å². The highest BCUT2D eigenvalue weighted by Gasteiger charge is 2.18. The summed E-state index contributed by atoms with van der Waals surface area (Å²) in [6.07, 6.45) is 0. The Labute approximate surface area is 132 Å². The van der Waals surface area contributed by atoms with Gasteiger partial charge in [-0.2, -0.15) is 5.26 Å². The summed E-state index contributed by atoms with van der Waals surface area (Å²) in [6, 6.07) is 10.4. The SMILES string of the molecule is CN(C)C(CNc1cc(C#N)ccc1[N+](=O)[O-])c1cccs1. The topological polar surface area (TPSA) is 82.2 Å². The van der Waals surface area contributed by atoms with E-state index in [1.807, 2.05) is 37.7 Å². The molecule has 114 valence electrons. The summed E-state index contributed by atoms with van der Waals surface area (Å²) in [7, 11) is 3.93. The molecule has 0 spiro atoms. The largest absolute Gasteiger partial charge is 0.378 e. The van der Waals surface area contributed by atoms with Crippen LogP contribution in [-0.2, 0) is 0 Å². The fourth-order valence-corrected chi connectivity index (χ4v) is 3.05. The van der Waals surface area contributed by atoms with Crippen molar-refractivity contribution >= 4 is 22.7 Å². The smallest absolute Gasteiger partial charge is 0.292 e. The van der Waals surface area contributed by atoms with E-state index in [0.29, 0.717) is 17.8 Å². The Balaban J connectivity index is 2.22. The molecular formula is C15H16N4O2S. The van der Waals surface area contributed by atoms with Crippen molar-refractivity contribution in [2.24, 2.45) is 0 Å². The van der Waals surface area contributed by atoms with Gasteiger partial charge in [-0.1, -0.05) is 6.07 Å². The minimum absolute atomic E-state index is 0.0253. The summed E-state index contributed by atoms with van der Waals surface area (Å²) in [4.78, 5) is 13.9. The highest BCUT2D eigenvalue weighted by atomic mass is 32.1. The Morgan fingerprint density at radius 2 is 2.23 bits per heavy atom. The molecule has 0 aliphatic rings. The number of rotatable bonds is 6. The van der Waals surface area contributed by atoms with Gasteiger partial charge in [0.1, 0.15) is 5.69 Å². The second kappa shape index (κ2) is 7.02. The Hall–Kier alpha value is -2.43. The van der Waals surface area contributed by atoms with Crippen molar-refractivity contribution < 1.29 is 4.92 Å². The van der Waals surface area contributed by atoms with E-state index in [4.69, 9.17) is 5.26 Å². The van der Waals surface area contributed by atoms with Gasteiger partial charge in [0.25, 0.3) is 5.69 Å². The molecule has 2 aromatic rings. The van der Waals surface area contributed by atoms with Crippen molar-refractivity contribution in [2.45, 2.75) is 6.04 Å². The second-order valence-corrected chi connectivity index (χ2v) is 5.96. The summed E-state index contributed by atoms with van der Waals surface area (Å²) in [5, 5.41) is 25.2. The van der Waals surface area contributed by atoms with E-state index < -0.39 is 4.92 Å². The predicted molar refractivity (Wildman–Crippen MR) is 87.0 cm³/mol. The zero-order valence-corrected chi connectivity index (χ0v) is 13.1. The number of hydrogen-bond acceptors (Lipinski definition) is 6. The molecule has 7 heteroatoms. The van der Waals surface area contributed by atoms with Crippen LogP contribution in [0.3, 0.4) is 0 Å². The molecule has 0 aliphatic heterocycles. The fraction of sp³-hybridized carbons (Fsp3) is 0.267. The van der Waals surface area contributed by atoms with E-state index in [2.05, 4.69) is 10.2 Å². The van der Waals surface area contributed by atoms with Gasteiger partial charge >= 0.3 is 0 Å². The standard InChI is InChI=1S/C15H16N4O2S/c1-18(2)14(15-4-3-7-22-15)10-17-12-8-11(9-16)5-6-13(12)19(20)21/h3-8,14,17H,10H2,1-2H3. The lowest BCUT2D eigenvalue weighted by molar-refractivity contribution is -0.384. The third-order valence-corrected chi connectivity index (χ3v) is 4.28. The van der Waals surface area contributed by atoms with Crippen molar-refractivity contribution in [3.05, 3.63) is 56.3 Å². The third-order valence-electron chi connectivity index (χ3n) is 3.30. The average molecular weight is 316 g/mol. The number of nitro benzene ring substituents is 1. The Morgan fingerprint density at radius 3 is 2.77 bits per heavy atom. The molecule has 1 aromatic carbocycles. The van der Waals surface area contributed by atoms with Crippen LogP contribution in [-0.4, -0.2) is 30.5 Å². The number of likely N-dealkylation sites (N-methyl/N-ethyl adjacent to an activating group) is 1. The first-order valence-electron chi connectivity index (χ1n) is 6.65. The summed E-state index contributed by atoms with van der Waals surface area (Å²) in [5.41, 5.74) is 0.737. The van der Waals surface area contributed by atoms with Crippen molar-refractivity contribution in [3.63, 3.8) is 0 Å². The van der Waals surface area contributed by atoms with Crippen LogP contribution < -0.4 is 5.32 Å². The lowest BCUT2D eigenvalue weighted by atomic mass is 10.1. The Kier molecular flexibility index (Phi) is 5.09. The molecule has 0 saturated carbocycles. The minimum Gasteiger partial charge on any atom is -0.378 e. The van der Waals surface area contributed by atoms with E-state index >= 15 is 0 Å². The number of nitriles is 1. The van der Waals surface area contributed by atoms with Gasteiger partial charge in [-0.05, 0) is 37.7 Å². The summed E-state index contributed by atoms with van der Waals surface area (Å²) in [5.74, 6) is 0. The van der Waals surface area contributed by atoms with Crippen LogP contribution in [0.1, 0.15) is 16.5 Å². The van der Waals surface area contributed by atoms with Gasteiger partial charge in [-0.15, -0.1) is 11.3 Å². The van der Waals surface area contributed by atoms with Gasteiger partial charge in [0.2, 0.25) is 0 Å². The first kappa shape index (κ1) is 15.9. The van der Waals surface area contributed by atoms with Crippen LogP contribution in [0.4, 0.5) is 11.4 Å². The molecule has 2 rings (SSSR count). The van der Waals surface area contributed by atoms with Crippen LogP contribution >= 0.6 is 11.3 Å². The van der Waals surface area contributed by atoms with Gasteiger partial charge in [0, 0.05) is 17.5 Å². The Bertz CT molecular complexity index is 692. The number of nitrogens with zero attached hydrogens (tertiary/aromatic N) is 3. The van der Waals surface area contributed by atoms with Gasteiger partial charge < -0.3 is 10.2 Å².